The molecule has 540 valence electrons. The molecule has 0 saturated carbocycles. The predicted molar refractivity (Wildman–Crippen MR) is 366 cm³/mol. The third-order valence-electron chi connectivity index (χ3n) is 17.3. The Morgan fingerprint density at radius 3 is 1.64 bits per heavy atom. The van der Waals surface area contributed by atoms with E-state index in [-0.39, 0.29) is 108 Å². The number of aliphatic imine (C=N–C) groups is 1. The zero-order chi connectivity index (χ0) is 72.5. The molecule has 0 spiro atoms. The van der Waals surface area contributed by atoms with Crippen molar-refractivity contribution in [2.75, 3.05) is 44.2 Å². The minimum absolute atomic E-state index is 0.00897. The van der Waals surface area contributed by atoms with E-state index in [0.29, 0.717) is 54.1 Å². The van der Waals surface area contributed by atoms with Crippen molar-refractivity contribution in [2.45, 2.75) is 176 Å². The molecule has 0 aliphatic carbocycles. The molecule has 0 radical (unpaired) electrons. The van der Waals surface area contributed by atoms with Gasteiger partial charge in [-0.15, -0.1) is 0 Å². The van der Waals surface area contributed by atoms with Gasteiger partial charge in [0.1, 0.15) is 66.5 Å². The van der Waals surface area contributed by atoms with E-state index >= 15 is 4.79 Å². The normalized spacial score (nSPS) is 18.2. The van der Waals surface area contributed by atoms with Gasteiger partial charge in [-0.3, -0.25) is 72.1 Å². The molecule has 3 fully saturated rings. The van der Waals surface area contributed by atoms with Gasteiger partial charge in [-0.1, -0.05) is 48.5 Å². The van der Waals surface area contributed by atoms with Crippen LogP contribution in [0.3, 0.4) is 0 Å². The fraction of sp³-hybridized carbons (Fsp3) is 0.547. The second-order valence-corrected chi connectivity index (χ2v) is 25.3. The molecule has 3 aromatic rings. The topological polar surface area (TPSA) is 518 Å². The number of H-pyrrole nitrogens is 1. The molecule has 3 aliphatic rings. The largest absolute Gasteiger partial charge is 0.481 e. The summed E-state index contributed by atoms with van der Waals surface area (Å²) in [5.41, 5.74) is 24.2. The van der Waals surface area contributed by atoms with Crippen LogP contribution in [0.4, 0.5) is 0 Å². The van der Waals surface area contributed by atoms with Crippen molar-refractivity contribution >= 4 is 125 Å². The van der Waals surface area contributed by atoms with E-state index in [1.165, 1.54) is 21.6 Å². The second-order valence-electron chi connectivity index (χ2n) is 24.5. The van der Waals surface area contributed by atoms with Gasteiger partial charge in [0.2, 0.25) is 70.9 Å². The van der Waals surface area contributed by atoms with E-state index < -0.39 is 162 Å². The van der Waals surface area contributed by atoms with Gasteiger partial charge >= 0.3 is 11.9 Å². The zero-order valence-corrected chi connectivity index (χ0v) is 56.8. The van der Waals surface area contributed by atoms with Crippen LogP contribution in [0.2, 0.25) is 0 Å². The average Bonchev–Trinajstić information content (AvgIpc) is 1.71. The molecular weight excluding hydrogens is 1330 g/mol. The second kappa shape index (κ2) is 38.6. The van der Waals surface area contributed by atoms with Gasteiger partial charge in [0.25, 0.3) is 0 Å². The number of unbranched alkanes of at least 4 members (excludes halogenated alkanes) is 1. The first-order chi connectivity index (χ1) is 47.2. The lowest BCUT2D eigenvalue weighted by Gasteiger charge is -2.33. The van der Waals surface area contributed by atoms with E-state index in [1.54, 1.807) is 60.8 Å². The van der Waals surface area contributed by atoms with Crippen LogP contribution < -0.4 is 65.5 Å². The summed E-state index contributed by atoms with van der Waals surface area (Å²) in [5, 5.41) is 40.5. The van der Waals surface area contributed by atoms with Crippen LogP contribution in [-0.2, 0) is 80.0 Å². The molecule has 0 unspecified atom stereocenters. The molecule has 11 atom stereocenters. The zero-order valence-electron chi connectivity index (χ0n) is 55.0. The van der Waals surface area contributed by atoms with Crippen LogP contribution in [0.5, 0.6) is 0 Å². The number of hydrogen-bond acceptors (Lipinski definition) is 18. The van der Waals surface area contributed by atoms with Crippen LogP contribution >= 0.6 is 25.3 Å². The Morgan fingerprint density at radius 2 is 1.04 bits per heavy atom. The first-order valence-electron chi connectivity index (χ1n) is 32.9. The third kappa shape index (κ3) is 23.0. The van der Waals surface area contributed by atoms with Crippen molar-refractivity contribution in [1.82, 2.24) is 62.2 Å². The van der Waals surface area contributed by atoms with Crippen LogP contribution in [0.25, 0.3) is 10.9 Å². The maximum absolute atomic E-state index is 15.0. The van der Waals surface area contributed by atoms with Crippen molar-refractivity contribution in [3.63, 3.8) is 0 Å². The molecular formula is C64H91N17O16S2. The lowest BCUT2D eigenvalue weighted by molar-refractivity contribution is -0.148. The maximum atomic E-state index is 15.0. The van der Waals surface area contributed by atoms with Crippen molar-refractivity contribution in [1.29, 1.82) is 0 Å². The predicted octanol–water partition coefficient (Wildman–Crippen LogP) is -3.31. The number of carboxylic acids is 2. The number of aromatic amines is 1. The number of carbonyl (C=O) groups is 14. The minimum Gasteiger partial charge on any atom is -0.481 e. The Labute approximate surface area is 582 Å². The Balaban J connectivity index is 1.23. The van der Waals surface area contributed by atoms with Gasteiger partial charge in [0.15, 0.2) is 5.96 Å². The quantitative estimate of drug-likeness (QED) is 0.0116. The summed E-state index contributed by atoms with van der Waals surface area (Å²) in [5.74, 6) is -13.0. The highest BCUT2D eigenvalue weighted by Crippen LogP contribution is 2.27. The highest BCUT2D eigenvalue weighted by molar-refractivity contribution is 7.80. The van der Waals surface area contributed by atoms with Gasteiger partial charge in [-0.05, 0) is 101 Å². The fourth-order valence-electron chi connectivity index (χ4n) is 12.3. The highest BCUT2D eigenvalue weighted by Gasteiger charge is 2.45. The first-order valence-corrected chi connectivity index (χ1v) is 34.1. The van der Waals surface area contributed by atoms with Crippen LogP contribution in [0.1, 0.15) is 108 Å². The standard InChI is InChI=1S/C64H91N17O16S2/c1-35(82)71-46(33-98)58(92)74-42(22-23-51(83)84)61(95)79-26-10-19-48(79)60(94)77-44(29-36-13-3-2-4-14-36)56(90)72-41(18-9-25-69-64(67)68)55(89)76-45(30-37-32-70-39-16-6-5-15-38(37)39)57(91)78-47(34-99)62(96)81-28-12-21-50(81)63(97)80-27-11-20-49(80)59(93)73-40(17-7-8-24-65)54(88)75-43(53(66)87)31-52(85)86/h2-6,13-16,32,40-50,70,98-99H,7-12,17-31,33-34,65H2,1H3,(H2,66,87)(H,71,82)(H,72,90)(H,73,93)(H,74,92)(H,75,88)(H,76,89)(H,77,94)(H,78,91)(H,83,84)(H,85,86)(H4,67,68,69)/t40-,41-,42-,43-,44+,45-,46-,47-,48-,49-,50-/m0/s1. The molecule has 12 amide bonds. The number of nitrogens with two attached hydrogens (primary N) is 4. The van der Waals surface area contributed by atoms with Crippen molar-refractivity contribution < 1.29 is 77.3 Å². The number of para-hydroxylation sites is 1. The Bertz CT molecular complexity index is 3430. The minimum atomic E-state index is -1.59. The number of amides is 12. The number of hydrogen-bond donors (Lipinski definition) is 17. The SMILES string of the molecule is CC(=O)N[C@@H](CS)C(=O)N[C@@H](CCC(=O)O)C(=O)N1CCC[C@H]1C(=O)N[C@H](Cc1ccccc1)C(=O)N[C@@H](CCCN=C(N)N)C(=O)N[C@@H](Cc1c[nH]c2ccccc12)C(=O)N[C@@H](CS)C(=O)N1CCC[C@H]1C(=O)N1CCC[C@H]1C(=O)N[C@@H](CCCCN)C(=O)N[C@@H](CC(=O)O)C(N)=O. The monoisotopic (exact) mass is 1420 g/mol. The number of carbonyl (C=O) groups excluding carboxylic acids is 12. The number of rotatable bonds is 38. The Hall–Kier alpha value is -9.51. The molecule has 99 heavy (non-hydrogen) atoms. The number of carboxylic acid groups (broad SMARTS) is 2. The number of nitrogens with zero attached hydrogens (tertiary/aromatic N) is 4. The van der Waals surface area contributed by atoms with Gasteiger partial charge in [0, 0.05) is 81.0 Å². The van der Waals surface area contributed by atoms with Crippen molar-refractivity contribution in [3.8, 4) is 0 Å². The summed E-state index contributed by atoms with van der Waals surface area (Å²) in [6, 6.07) is 0.915. The van der Waals surface area contributed by atoms with E-state index in [2.05, 4.69) is 77.8 Å². The average molecular weight is 1420 g/mol. The van der Waals surface area contributed by atoms with E-state index in [0.717, 1.165) is 0 Å². The molecule has 35 heteroatoms. The van der Waals surface area contributed by atoms with E-state index in [4.69, 9.17) is 22.9 Å². The summed E-state index contributed by atoms with van der Waals surface area (Å²) in [7, 11) is 0. The number of fused-ring (bicyclic) bond motifs is 1. The molecule has 1 aromatic heterocycles. The first kappa shape index (κ1) is 78.5. The molecule has 3 aliphatic heterocycles. The molecule has 19 N–H and O–H groups in total. The summed E-state index contributed by atoms with van der Waals surface area (Å²) in [6.45, 7) is 1.60. The summed E-state index contributed by atoms with van der Waals surface area (Å²) >= 11 is 8.61. The number of thiol groups is 2. The number of benzene rings is 2. The van der Waals surface area contributed by atoms with Gasteiger partial charge in [-0.25, -0.2) is 0 Å². The Kier molecular flexibility index (Phi) is 30.6. The number of nitrogens with one attached hydrogen (secondary N) is 9. The molecule has 0 bridgehead atoms. The molecule has 33 nitrogen and oxygen atoms in total. The van der Waals surface area contributed by atoms with Crippen LogP contribution in [0.15, 0.2) is 65.8 Å². The molecule has 6 rings (SSSR count). The van der Waals surface area contributed by atoms with E-state index in [1.807, 2.05) is 0 Å². The van der Waals surface area contributed by atoms with Gasteiger partial charge < -0.3 is 95.4 Å². The highest BCUT2D eigenvalue weighted by atomic mass is 32.1. The number of guanidine groups is 1. The summed E-state index contributed by atoms with van der Waals surface area (Å²) in [4.78, 5) is 202. The lowest BCUT2D eigenvalue weighted by Crippen LogP contribution is -2.61. The van der Waals surface area contributed by atoms with Crippen LogP contribution in [0, 0.1) is 0 Å². The molecule has 3 saturated heterocycles. The molecule has 2 aromatic carbocycles. The number of aliphatic carboxylic acids is 2. The number of primary amides is 1. The lowest BCUT2D eigenvalue weighted by atomic mass is 10.0. The Morgan fingerprint density at radius 1 is 0.545 bits per heavy atom. The third-order valence-corrected chi connectivity index (χ3v) is 18.0. The maximum Gasteiger partial charge on any atom is 0.305 e. The van der Waals surface area contributed by atoms with Crippen molar-refractivity contribution in [2.24, 2.45) is 27.9 Å². The number of likely N-dealkylation sites (tertiary alicyclic amines) is 3. The number of aromatic nitrogens is 1. The van der Waals surface area contributed by atoms with Gasteiger partial charge in [0.05, 0.1) is 6.42 Å². The fourth-order valence-corrected chi connectivity index (χ4v) is 12.8. The smallest absolute Gasteiger partial charge is 0.305 e. The summed E-state index contributed by atoms with van der Waals surface area (Å²) in [6.07, 6.45) is 1.83. The van der Waals surface area contributed by atoms with E-state index in [9.17, 15) is 72.5 Å². The van der Waals surface area contributed by atoms with Crippen molar-refractivity contribution in [3.05, 3.63) is 71.9 Å². The van der Waals surface area contributed by atoms with Gasteiger partial charge in [-0.2, -0.15) is 25.3 Å². The molecule has 4 heterocycles. The summed E-state index contributed by atoms with van der Waals surface area (Å²) < 4.78 is 0. The van der Waals surface area contributed by atoms with Crippen LogP contribution in [-0.4, -0.2) is 229 Å².